The molecule has 0 aromatic rings. The van der Waals surface area contributed by atoms with Gasteiger partial charge in [0, 0.05) is 19.3 Å². The first kappa shape index (κ1) is 70.0. The molecule has 75 heavy (non-hydrogen) atoms. The van der Waals surface area contributed by atoms with E-state index in [1.165, 1.54) is 64.2 Å². The summed E-state index contributed by atoms with van der Waals surface area (Å²) in [5, 5.41) is 0. The van der Waals surface area contributed by atoms with E-state index in [0.717, 1.165) is 122 Å². The fraction of sp³-hybridized carbons (Fsp3) is 0.580. The van der Waals surface area contributed by atoms with Crippen LogP contribution in [0.3, 0.4) is 0 Å². The molecule has 0 fully saturated rings. The van der Waals surface area contributed by atoms with Crippen molar-refractivity contribution in [3.05, 3.63) is 158 Å². The minimum atomic E-state index is -0.833. The molecule has 0 rings (SSSR count). The summed E-state index contributed by atoms with van der Waals surface area (Å²) in [4.78, 5) is 38.2. The number of hydrogen-bond acceptors (Lipinski definition) is 6. The van der Waals surface area contributed by atoms with Gasteiger partial charge < -0.3 is 14.2 Å². The predicted octanol–water partition coefficient (Wildman–Crippen LogP) is 20.5. The van der Waals surface area contributed by atoms with Crippen molar-refractivity contribution in [2.24, 2.45) is 0 Å². The number of ether oxygens (including phenoxy) is 3. The zero-order valence-electron chi connectivity index (χ0n) is 48.0. The number of rotatable bonds is 52. The summed E-state index contributed by atoms with van der Waals surface area (Å²) in [5.41, 5.74) is 0. The second-order valence-electron chi connectivity index (χ2n) is 19.1. The molecular weight excluding hydrogens is 925 g/mol. The molecule has 1 unspecified atom stereocenters. The van der Waals surface area contributed by atoms with Gasteiger partial charge >= 0.3 is 17.9 Å². The van der Waals surface area contributed by atoms with Crippen LogP contribution in [0.4, 0.5) is 0 Å². The molecule has 0 saturated heterocycles. The summed E-state index contributed by atoms with van der Waals surface area (Å²) in [6.07, 6.45) is 89.7. The summed E-state index contributed by atoms with van der Waals surface area (Å²) in [5.74, 6) is -1.05. The topological polar surface area (TPSA) is 78.9 Å². The Kier molecular flexibility index (Phi) is 57.5. The minimum Gasteiger partial charge on any atom is -0.462 e. The molecular formula is C69H108O6. The van der Waals surface area contributed by atoms with Gasteiger partial charge in [0.05, 0.1) is 0 Å². The summed E-state index contributed by atoms with van der Waals surface area (Å²) in [6, 6.07) is 0. The van der Waals surface area contributed by atoms with Crippen LogP contribution in [0.2, 0.25) is 0 Å². The van der Waals surface area contributed by atoms with Crippen LogP contribution in [0.5, 0.6) is 0 Å². The number of esters is 3. The van der Waals surface area contributed by atoms with E-state index >= 15 is 0 Å². The van der Waals surface area contributed by atoms with E-state index in [9.17, 15) is 14.4 Å². The second-order valence-corrected chi connectivity index (χ2v) is 19.1. The van der Waals surface area contributed by atoms with Gasteiger partial charge in [0.1, 0.15) is 13.2 Å². The van der Waals surface area contributed by atoms with Gasteiger partial charge in [-0.2, -0.15) is 0 Å². The molecule has 0 N–H and O–H groups in total. The number of carbonyl (C=O) groups is 3. The fourth-order valence-electron chi connectivity index (χ4n) is 7.65. The van der Waals surface area contributed by atoms with Crippen molar-refractivity contribution in [3.8, 4) is 0 Å². The van der Waals surface area contributed by atoms with Crippen molar-refractivity contribution in [2.45, 2.75) is 245 Å². The largest absolute Gasteiger partial charge is 0.462 e. The predicted molar refractivity (Wildman–Crippen MR) is 325 cm³/mol. The minimum absolute atomic E-state index is 0.121. The maximum absolute atomic E-state index is 12.9. The standard InChI is InChI=1S/C69H108O6/c1-4-7-10-13-16-19-22-25-27-29-31-32-33-34-35-36-38-39-41-44-47-50-53-56-59-62-68(71)74-65-66(64-73-67(70)61-58-55-52-49-46-43-24-21-18-15-12-9-6-3)75-69(72)63-60-57-54-51-48-45-42-40-37-30-28-26-23-20-17-14-11-8-5-2/h7-12,16-21,25-28,31-32,37,40,43,45-46,48,52,55,66H,4-6,13-15,22-24,29-30,33-36,38-39,41-42,44,47,49-51,53-54,56-65H2,1-3H3/b10-7-,11-8-,12-9-,19-16-,20-17-,21-18-,27-25-,28-26-,32-31-,40-37-,46-43-,48-45-,55-52-. The number of allylic oxidation sites excluding steroid dienone is 26. The third-order valence-corrected chi connectivity index (χ3v) is 12.0. The molecule has 0 bridgehead atoms. The van der Waals surface area contributed by atoms with E-state index in [1.807, 2.05) is 12.2 Å². The van der Waals surface area contributed by atoms with Crippen LogP contribution in [-0.4, -0.2) is 37.2 Å². The Labute approximate surface area is 460 Å². The zero-order chi connectivity index (χ0) is 54.3. The summed E-state index contributed by atoms with van der Waals surface area (Å²) in [6.45, 7) is 6.19. The highest BCUT2D eigenvalue weighted by Crippen LogP contribution is 2.14. The first-order chi connectivity index (χ1) is 37.0. The molecule has 420 valence electrons. The van der Waals surface area contributed by atoms with Crippen molar-refractivity contribution >= 4 is 17.9 Å². The van der Waals surface area contributed by atoms with Gasteiger partial charge in [-0.25, -0.2) is 0 Å². The molecule has 0 aromatic carbocycles. The van der Waals surface area contributed by atoms with Crippen LogP contribution >= 0.6 is 0 Å². The number of carbonyl (C=O) groups excluding carboxylic acids is 3. The van der Waals surface area contributed by atoms with Crippen molar-refractivity contribution < 1.29 is 28.6 Å². The molecule has 0 aliphatic carbocycles. The zero-order valence-corrected chi connectivity index (χ0v) is 48.0. The highest BCUT2D eigenvalue weighted by atomic mass is 16.6. The van der Waals surface area contributed by atoms with E-state index < -0.39 is 6.10 Å². The van der Waals surface area contributed by atoms with Gasteiger partial charge in [0.25, 0.3) is 0 Å². The van der Waals surface area contributed by atoms with Gasteiger partial charge in [-0.05, 0) is 128 Å². The number of unbranched alkanes of at least 4 members (excludes halogenated alkanes) is 15. The molecule has 0 aliphatic heterocycles. The molecule has 6 nitrogen and oxygen atoms in total. The molecule has 0 aromatic heterocycles. The van der Waals surface area contributed by atoms with Gasteiger partial charge in [-0.1, -0.05) is 249 Å². The van der Waals surface area contributed by atoms with E-state index in [0.29, 0.717) is 19.3 Å². The van der Waals surface area contributed by atoms with Gasteiger partial charge in [-0.3, -0.25) is 14.4 Å². The van der Waals surface area contributed by atoms with E-state index in [2.05, 4.69) is 167 Å². The molecule has 0 radical (unpaired) electrons. The lowest BCUT2D eigenvalue weighted by atomic mass is 10.0. The molecule has 0 heterocycles. The van der Waals surface area contributed by atoms with E-state index in [-0.39, 0.29) is 44.0 Å². The lowest BCUT2D eigenvalue weighted by Gasteiger charge is -2.18. The van der Waals surface area contributed by atoms with Crippen molar-refractivity contribution in [2.75, 3.05) is 13.2 Å². The van der Waals surface area contributed by atoms with Crippen molar-refractivity contribution in [1.29, 1.82) is 0 Å². The number of hydrogen-bond donors (Lipinski definition) is 0. The van der Waals surface area contributed by atoms with Crippen molar-refractivity contribution in [3.63, 3.8) is 0 Å². The SMILES string of the molecule is CC/C=C\C/C=C\C/C=C\C/C=C\C/C=C\CCCCCC(=O)OC(COC(=O)CC/C=C\C/C=C\C/C=C\C/C=C\CC)COC(=O)CCCCCCCCCCCCCC/C=C\C/C=C\C/C=C\C/C=C\CC. The average molecular weight is 1030 g/mol. The highest BCUT2D eigenvalue weighted by Gasteiger charge is 2.19. The van der Waals surface area contributed by atoms with Crippen LogP contribution in [0, 0.1) is 0 Å². The van der Waals surface area contributed by atoms with Crippen LogP contribution in [-0.2, 0) is 28.6 Å². The summed E-state index contributed by atoms with van der Waals surface area (Å²) in [7, 11) is 0. The third kappa shape index (κ3) is 59.8. The molecule has 0 aliphatic rings. The Bertz CT molecular complexity index is 1710. The Balaban J connectivity index is 4.45. The Morgan fingerprint density at radius 1 is 0.267 bits per heavy atom. The lowest BCUT2D eigenvalue weighted by Crippen LogP contribution is -2.30. The Hall–Kier alpha value is -4.97. The third-order valence-electron chi connectivity index (χ3n) is 12.0. The first-order valence-corrected chi connectivity index (χ1v) is 30.0. The maximum Gasteiger partial charge on any atom is 0.306 e. The second kappa shape index (κ2) is 61.6. The molecule has 0 saturated carbocycles. The molecule has 0 amide bonds. The van der Waals surface area contributed by atoms with Crippen LogP contribution in [0.25, 0.3) is 0 Å². The molecule has 6 heteroatoms. The summed E-state index contributed by atoms with van der Waals surface area (Å²) < 4.78 is 16.8. The van der Waals surface area contributed by atoms with E-state index in [1.54, 1.807) is 0 Å². The quantitative estimate of drug-likeness (QED) is 0.0261. The smallest absolute Gasteiger partial charge is 0.306 e. The van der Waals surface area contributed by atoms with Crippen LogP contribution in [0.1, 0.15) is 239 Å². The van der Waals surface area contributed by atoms with E-state index in [4.69, 9.17) is 14.2 Å². The van der Waals surface area contributed by atoms with Crippen LogP contribution < -0.4 is 0 Å². The summed E-state index contributed by atoms with van der Waals surface area (Å²) >= 11 is 0. The van der Waals surface area contributed by atoms with Gasteiger partial charge in [0.15, 0.2) is 6.10 Å². The Morgan fingerprint density at radius 2 is 0.507 bits per heavy atom. The average Bonchev–Trinajstić information content (AvgIpc) is 3.41. The van der Waals surface area contributed by atoms with Gasteiger partial charge in [0.2, 0.25) is 0 Å². The monoisotopic (exact) mass is 1030 g/mol. The maximum atomic E-state index is 12.9. The van der Waals surface area contributed by atoms with Crippen LogP contribution in [0.15, 0.2) is 158 Å². The van der Waals surface area contributed by atoms with Crippen molar-refractivity contribution in [1.82, 2.24) is 0 Å². The Morgan fingerprint density at radius 3 is 0.840 bits per heavy atom. The fourth-order valence-corrected chi connectivity index (χ4v) is 7.65. The normalized spacial score (nSPS) is 13.3. The molecule has 1 atom stereocenters. The molecule has 0 spiro atoms. The highest BCUT2D eigenvalue weighted by molar-refractivity contribution is 5.71. The van der Waals surface area contributed by atoms with Gasteiger partial charge in [-0.15, -0.1) is 0 Å². The lowest BCUT2D eigenvalue weighted by molar-refractivity contribution is -0.166. The first-order valence-electron chi connectivity index (χ1n) is 30.0.